The van der Waals surface area contributed by atoms with Crippen molar-refractivity contribution < 1.29 is 44.1 Å². The molecule has 0 aromatic heterocycles. The van der Waals surface area contributed by atoms with Gasteiger partial charge in [0.2, 0.25) is 12.3 Å². The van der Waals surface area contributed by atoms with Crippen molar-refractivity contribution in [2.45, 2.75) is 102 Å². The van der Waals surface area contributed by atoms with E-state index in [0.717, 1.165) is 19.3 Å². The minimum atomic E-state index is -2.11. The van der Waals surface area contributed by atoms with Gasteiger partial charge in [0.15, 0.2) is 11.6 Å². The van der Waals surface area contributed by atoms with Crippen LogP contribution >= 0.6 is 0 Å². The molecule has 0 bridgehead atoms. The van der Waals surface area contributed by atoms with Gasteiger partial charge in [0.25, 0.3) is 5.91 Å². The van der Waals surface area contributed by atoms with Crippen LogP contribution in [0.4, 0.5) is 0 Å². The maximum Gasteiger partial charge on any atom is 0.250 e. The Morgan fingerprint density at radius 2 is 1.88 bits per heavy atom. The molecular weight excluding hydrogens is 534 g/mol. The fraction of sp³-hybridized carbons (Fsp3) is 0.655. The highest BCUT2D eigenvalue weighted by Gasteiger charge is 2.52. The molecule has 1 saturated heterocycles. The molecular formula is C29H43N3O9. The van der Waals surface area contributed by atoms with Gasteiger partial charge in [-0.25, -0.2) is 5.06 Å². The van der Waals surface area contributed by atoms with E-state index in [1.165, 1.54) is 0 Å². The third-order valence-electron chi connectivity index (χ3n) is 7.81. The van der Waals surface area contributed by atoms with Gasteiger partial charge in [-0.15, -0.1) is 0 Å². The number of ether oxygens (including phenoxy) is 2. The molecule has 1 aromatic carbocycles. The lowest BCUT2D eigenvalue weighted by Gasteiger charge is -2.39. The first-order valence-corrected chi connectivity index (χ1v) is 14.4. The second kappa shape index (κ2) is 14.7. The van der Waals surface area contributed by atoms with Crippen LogP contribution in [0, 0.1) is 5.92 Å². The summed E-state index contributed by atoms with van der Waals surface area (Å²) in [6.45, 7) is 5.87. The molecule has 3 rings (SSSR count). The van der Waals surface area contributed by atoms with Crippen LogP contribution in [0.25, 0.3) is 0 Å². The first-order valence-electron chi connectivity index (χ1n) is 14.4. The zero-order valence-corrected chi connectivity index (χ0v) is 24.0. The van der Waals surface area contributed by atoms with Gasteiger partial charge in [0.05, 0.1) is 43.7 Å². The number of rotatable bonds is 16. The molecule has 2 fully saturated rings. The maximum atomic E-state index is 12.9. The molecule has 12 nitrogen and oxygen atoms in total. The number of ketones is 1. The van der Waals surface area contributed by atoms with Gasteiger partial charge in [0, 0.05) is 0 Å². The van der Waals surface area contributed by atoms with Crippen LogP contribution in [-0.2, 0) is 23.9 Å². The van der Waals surface area contributed by atoms with Crippen LogP contribution in [0.1, 0.15) is 95.3 Å². The van der Waals surface area contributed by atoms with E-state index in [-0.39, 0.29) is 24.8 Å². The molecule has 1 heterocycles. The molecule has 2 aliphatic rings. The monoisotopic (exact) mass is 577 g/mol. The molecule has 1 aromatic rings. The number of unbranched alkanes of at least 4 members (excludes halogenated alkanes) is 2. The smallest absolute Gasteiger partial charge is 0.250 e. The standard InChI is InChI=1S/C29H43N3O9/c1-4-7-8-9-21(22(5-2)32(39)17-33)27(35)30-16-31-28(36)25-11-10-24(41-25)18-12-19(14-20(13-18)40-6-3)26-23(34)15-29(26,37)38/h12-14,17,21-22,24-26,37-39H,4-11,15-16H2,1-3H3,(H,30,35)(H,31,36)/t21-,22-,24?,25?,26?/m1/s1. The summed E-state index contributed by atoms with van der Waals surface area (Å²) < 4.78 is 11.6. The van der Waals surface area contributed by atoms with Crippen molar-refractivity contribution in [3.05, 3.63) is 29.3 Å². The molecule has 5 atom stereocenters. The largest absolute Gasteiger partial charge is 0.494 e. The van der Waals surface area contributed by atoms with Gasteiger partial charge in [-0.3, -0.25) is 24.4 Å². The molecule has 0 radical (unpaired) electrons. The van der Waals surface area contributed by atoms with E-state index in [1.807, 2.05) is 13.8 Å². The zero-order chi connectivity index (χ0) is 30.2. The highest BCUT2D eigenvalue weighted by molar-refractivity contribution is 5.94. The van der Waals surface area contributed by atoms with Crippen molar-refractivity contribution in [2.24, 2.45) is 5.92 Å². The molecule has 1 saturated carbocycles. The van der Waals surface area contributed by atoms with Crippen molar-refractivity contribution in [1.82, 2.24) is 15.7 Å². The van der Waals surface area contributed by atoms with E-state index in [0.29, 0.717) is 60.6 Å². The summed E-state index contributed by atoms with van der Waals surface area (Å²) in [5, 5.41) is 36.1. The second-order valence-electron chi connectivity index (χ2n) is 10.7. The Balaban J connectivity index is 1.60. The summed E-state index contributed by atoms with van der Waals surface area (Å²) in [5.41, 5.74) is 1.08. The molecule has 228 valence electrons. The van der Waals surface area contributed by atoms with Crippen LogP contribution in [0.15, 0.2) is 18.2 Å². The topological polar surface area (TPSA) is 175 Å². The van der Waals surface area contributed by atoms with E-state index in [1.54, 1.807) is 25.1 Å². The van der Waals surface area contributed by atoms with Crippen molar-refractivity contribution >= 4 is 24.0 Å². The third kappa shape index (κ3) is 8.03. The van der Waals surface area contributed by atoms with E-state index in [2.05, 4.69) is 10.6 Å². The van der Waals surface area contributed by atoms with Gasteiger partial charge in [-0.1, -0.05) is 39.2 Å². The number of benzene rings is 1. The molecule has 3 unspecified atom stereocenters. The summed E-state index contributed by atoms with van der Waals surface area (Å²) in [6, 6.07) is 4.38. The van der Waals surface area contributed by atoms with E-state index in [4.69, 9.17) is 9.47 Å². The van der Waals surface area contributed by atoms with Crippen LogP contribution < -0.4 is 15.4 Å². The highest BCUT2D eigenvalue weighted by atomic mass is 16.5. The minimum Gasteiger partial charge on any atom is -0.494 e. The van der Waals surface area contributed by atoms with Crippen molar-refractivity contribution in [3.8, 4) is 5.75 Å². The predicted octanol–water partition coefficient (Wildman–Crippen LogP) is 2.06. The number of hydrogen-bond donors (Lipinski definition) is 5. The fourth-order valence-corrected chi connectivity index (χ4v) is 5.67. The van der Waals surface area contributed by atoms with E-state index in [9.17, 15) is 34.6 Å². The van der Waals surface area contributed by atoms with Crippen molar-refractivity contribution in [3.63, 3.8) is 0 Å². The Kier molecular flexibility index (Phi) is 11.6. The number of aliphatic hydroxyl groups is 2. The normalized spacial score (nSPS) is 22.8. The second-order valence-corrected chi connectivity index (χ2v) is 10.7. The number of hydroxylamine groups is 2. The molecule has 1 aliphatic carbocycles. The average Bonchev–Trinajstić information content (AvgIpc) is 3.42. The molecule has 1 aliphatic heterocycles. The number of nitrogens with one attached hydrogen (secondary N) is 2. The van der Waals surface area contributed by atoms with E-state index >= 15 is 0 Å². The average molecular weight is 578 g/mol. The number of carbonyl (C=O) groups excluding carboxylic acids is 4. The van der Waals surface area contributed by atoms with Gasteiger partial charge in [0.1, 0.15) is 11.9 Å². The van der Waals surface area contributed by atoms with Gasteiger partial charge < -0.3 is 30.3 Å². The fourth-order valence-electron chi connectivity index (χ4n) is 5.67. The number of nitrogens with zero attached hydrogens (tertiary/aromatic N) is 1. The van der Waals surface area contributed by atoms with Crippen LogP contribution in [0.3, 0.4) is 0 Å². The van der Waals surface area contributed by atoms with Crippen molar-refractivity contribution in [2.75, 3.05) is 13.3 Å². The Morgan fingerprint density at radius 1 is 1.15 bits per heavy atom. The minimum absolute atomic E-state index is 0.141. The van der Waals surface area contributed by atoms with Gasteiger partial charge >= 0.3 is 0 Å². The van der Waals surface area contributed by atoms with Crippen LogP contribution in [0.2, 0.25) is 0 Å². The Hall–Kier alpha value is -3.06. The first-order chi connectivity index (χ1) is 19.6. The number of carbonyl (C=O) groups is 4. The summed E-state index contributed by atoms with van der Waals surface area (Å²) in [6.07, 6.45) is 3.16. The van der Waals surface area contributed by atoms with Crippen molar-refractivity contribution in [1.29, 1.82) is 0 Å². The lowest BCUT2D eigenvalue weighted by Crippen LogP contribution is -2.52. The lowest BCUT2D eigenvalue weighted by molar-refractivity contribution is -0.218. The van der Waals surface area contributed by atoms with Gasteiger partial charge in [-0.2, -0.15) is 0 Å². The Morgan fingerprint density at radius 3 is 2.49 bits per heavy atom. The lowest BCUT2D eigenvalue weighted by atomic mass is 9.72. The molecule has 5 N–H and O–H groups in total. The first kappa shape index (κ1) is 32.5. The summed E-state index contributed by atoms with van der Waals surface area (Å²) in [7, 11) is 0. The number of amides is 3. The zero-order valence-electron chi connectivity index (χ0n) is 24.0. The molecule has 3 amide bonds. The number of hydrogen-bond acceptors (Lipinski definition) is 9. The van der Waals surface area contributed by atoms with E-state index < -0.39 is 41.8 Å². The van der Waals surface area contributed by atoms with Gasteiger partial charge in [-0.05, 0) is 55.9 Å². The molecule has 41 heavy (non-hydrogen) atoms. The molecule has 12 heteroatoms. The predicted molar refractivity (Wildman–Crippen MR) is 147 cm³/mol. The number of Topliss-reactive ketones (excluding diaryl/α,β-unsaturated/α-hetero) is 1. The highest BCUT2D eigenvalue weighted by Crippen LogP contribution is 2.44. The SMILES string of the molecule is CCCCC[C@@H](C(=O)NCNC(=O)C1CCC(c2cc(OCC)cc(C3C(=O)CC3(O)O)c2)O1)[C@@H](CC)N(O)C=O. The summed E-state index contributed by atoms with van der Waals surface area (Å²) in [4.78, 5) is 49.1. The maximum absolute atomic E-state index is 12.9. The summed E-state index contributed by atoms with van der Waals surface area (Å²) >= 11 is 0. The van der Waals surface area contributed by atoms with Crippen LogP contribution in [-0.4, -0.2) is 75.7 Å². The summed E-state index contributed by atoms with van der Waals surface area (Å²) in [5.74, 6) is -4.41. The van der Waals surface area contributed by atoms with Crippen LogP contribution in [0.5, 0.6) is 5.75 Å². The Bertz CT molecular complexity index is 1080. The molecule has 0 spiro atoms. The quantitative estimate of drug-likeness (QED) is 0.0647. The third-order valence-corrected chi connectivity index (χ3v) is 7.81. The Labute approximate surface area is 240 Å².